The van der Waals surface area contributed by atoms with Crippen molar-refractivity contribution in [2.24, 2.45) is 5.92 Å². The summed E-state index contributed by atoms with van der Waals surface area (Å²) in [6.45, 7) is 0.678. The molecule has 1 saturated carbocycles. The van der Waals surface area contributed by atoms with E-state index in [1.165, 1.54) is 33.9 Å². The van der Waals surface area contributed by atoms with Gasteiger partial charge in [-0.25, -0.2) is 4.39 Å². The summed E-state index contributed by atoms with van der Waals surface area (Å²) in [7, 11) is 3.19. The van der Waals surface area contributed by atoms with Gasteiger partial charge >= 0.3 is 51.4 Å². The average Bonchev–Trinajstić information content (AvgIpc) is 2.73. The van der Waals surface area contributed by atoms with Crippen LogP contribution in [0.2, 0.25) is 5.02 Å². The zero-order valence-corrected chi connectivity index (χ0v) is 22.5. The van der Waals surface area contributed by atoms with Crippen LogP contribution in [0.5, 0.6) is 5.75 Å². The van der Waals surface area contributed by atoms with Gasteiger partial charge < -0.3 is 24.6 Å². The van der Waals surface area contributed by atoms with E-state index in [-0.39, 0.29) is 85.7 Å². The maximum atomic E-state index is 14.1. The van der Waals surface area contributed by atoms with Crippen LogP contribution in [-0.2, 0) is 16.8 Å². The Bertz CT molecular complexity index is 1170. The Balaban J connectivity index is 0.00000306. The van der Waals surface area contributed by atoms with Crippen molar-refractivity contribution in [2.75, 3.05) is 27.3 Å². The molecule has 0 radical (unpaired) electrons. The molecule has 1 spiro atoms. The molecule has 2 aromatic rings. The number of benzene rings is 1. The second kappa shape index (κ2) is 10.1. The van der Waals surface area contributed by atoms with Crippen molar-refractivity contribution in [3.05, 3.63) is 62.3 Å². The molecule has 2 aliphatic rings. The van der Waals surface area contributed by atoms with E-state index in [4.69, 9.17) is 16.3 Å². The fourth-order valence-electron chi connectivity index (χ4n) is 4.75. The Morgan fingerprint density at radius 1 is 1.36 bits per heavy atom. The number of likely N-dealkylation sites (N-methyl/N-ethyl adjacent to an activating group) is 1. The third-order valence-electron chi connectivity index (χ3n) is 6.21. The zero-order chi connectivity index (χ0) is 23.2. The summed E-state index contributed by atoms with van der Waals surface area (Å²) in [4.78, 5) is 39.6. The van der Waals surface area contributed by atoms with Crippen LogP contribution >= 0.6 is 11.6 Å². The Hall–Kier alpha value is -1.27. The van der Waals surface area contributed by atoms with E-state index < -0.39 is 34.3 Å². The van der Waals surface area contributed by atoms with Crippen molar-refractivity contribution in [1.82, 2.24) is 14.8 Å². The van der Waals surface area contributed by atoms with E-state index in [1.54, 1.807) is 14.2 Å². The van der Waals surface area contributed by atoms with Crippen molar-refractivity contribution in [1.29, 1.82) is 0 Å². The van der Waals surface area contributed by atoms with Crippen LogP contribution in [0.4, 0.5) is 4.39 Å². The van der Waals surface area contributed by atoms with E-state index >= 15 is 0 Å². The molecule has 1 aromatic carbocycles. The summed E-state index contributed by atoms with van der Waals surface area (Å²) >= 11 is 5.76. The van der Waals surface area contributed by atoms with Gasteiger partial charge in [0.15, 0.2) is 5.43 Å². The van der Waals surface area contributed by atoms with E-state index in [1.807, 2.05) is 0 Å². The molecule has 1 aliphatic heterocycles. The van der Waals surface area contributed by atoms with Crippen LogP contribution in [-0.4, -0.2) is 48.6 Å². The average molecular weight is 502 g/mol. The van der Waals surface area contributed by atoms with Crippen molar-refractivity contribution in [3.63, 3.8) is 0 Å². The maximum absolute atomic E-state index is 14.1. The molecule has 170 valence electrons. The number of nitrogens with zero attached hydrogens (tertiary/aromatic N) is 2. The zero-order valence-electron chi connectivity index (χ0n) is 18.6. The molecule has 0 atom stereocenters. The molecule has 2 amide bonds. The molecule has 0 unspecified atom stereocenters. The van der Waals surface area contributed by atoms with Crippen LogP contribution in [0.25, 0.3) is 0 Å². The van der Waals surface area contributed by atoms with Crippen molar-refractivity contribution < 1.29 is 75.2 Å². The molecule has 11 heteroatoms. The monoisotopic (exact) mass is 501 g/mol. The molecule has 1 N–H and O–H groups in total. The number of aromatic nitrogens is 1. The van der Waals surface area contributed by atoms with E-state index in [2.05, 4.69) is 5.32 Å². The number of fused-ring (bicyclic) bond motifs is 2. The number of amides is 2. The smallest absolute Gasteiger partial charge is 0.868 e. The van der Waals surface area contributed by atoms with Gasteiger partial charge in [-0.3, -0.25) is 14.4 Å². The van der Waals surface area contributed by atoms with E-state index in [0.717, 1.165) is 0 Å². The molecule has 1 aliphatic carbocycles. The number of carbonyl (C=O) groups is 2. The molecular weight excluding hydrogens is 480 g/mol. The van der Waals surface area contributed by atoms with Crippen LogP contribution in [0.15, 0.2) is 29.2 Å². The minimum Gasteiger partial charge on any atom is -0.868 e. The Labute approximate surface area is 237 Å². The first-order valence-electron chi connectivity index (χ1n) is 10.1. The van der Waals surface area contributed by atoms with Gasteiger partial charge in [0, 0.05) is 45.6 Å². The number of halogens is 2. The molecule has 8 nitrogen and oxygen atoms in total. The molecule has 2 heterocycles. The Morgan fingerprint density at radius 2 is 2.06 bits per heavy atom. The summed E-state index contributed by atoms with van der Waals surface area (Å²) in [5, 5.41) is 15.2. The van der Waals surface area contributed by atoms with Gasteiger partial charge in [-0.05, 0) is 30.6 Å². The number of hydrogen-bond donors (Lipinski definition) is 1. The normalized spacial score (nSPS) is 21.3. The quantitative estimate of drug-likeness (QED) is 0.502. The number of rotatable bonds is 5. The minimum atomic E-state index is -1.06. The number of ether oxygens (including phenoxy) is 1. The van der Waals surface area contributed by atoms with E-state index in [9.17, 15) is 23.9 Å². The second-order valence-corrected chi connectivity index (χ2v) is 8.84. The molecule has 33 heavy (non-hydrogen) atoms. The first-order chi connectivity index (χ1) is 15.2. The summed E-state index contributed by atoms with van der Waals surface area (Å²) in [5.41, 5.74) is -2.12. The van der Waals surface area contributed by atoms with Crippen LogP contribution in [0, 0.1) is 11.7 Å². The van der Waals surface area contributed by atoms with Gasteiger partial charge in [0.2, 0.25) is 0 Å². The van der Waals surface area contributed by atoms with Gasteiger partial charge in [0.1, 0.15) is 17.1 Å². The van der Waals surface area contributed by atoms with Gasteiger partial charge in [-0.15, -0.1) is 0 Å². The third kappa shape index (κ3) is 4.66. The number of nitrogens with one attached hydrogen (secondary N) is 1. The van der Waals surface area contributed by atoms with Crippen molar-refractivity contribution >= 4 is 23.4 Å². The van der Waals surface area contributed by atoms with Crippen LogP contribution in [0.3, 0.4) is 0 Å². The SMILES string of the molecule is COC[C@H]1C[C@@]2(CN(C)C(=O)c3c([O-])c(=O)c(C(=O)NCc4cccc(Cl)c4F)cn32)C1.[K+]. The number of carbonyl (C=O) groups excluding carboxylic acids is 2. The molecule has 1 fully saturated rings. The summed E-state index contributed by atoms with van der Waals surface area (Å²) < 4.78 is 20.8. The molecular formula is C22H22ClFKN3O5. The first-order valence-corrected chi connectivity index (χ1v) is 10.5. The van der Waals surface area contributed by atoms with Crippen LogP contribution < -0.4 is 67.2 Å². The van der Waals surface area contributed by atoms with Gasteiger partial charge in [0.25, 0.3) is 11.8 Å². The first kappa shape index (κ1) is 26.3. The molecule has 1 aromatic heterocycles. The van der Waals surface area contributed by atoms with Crippen LogP contribution in [0.1, 0.15) is 39.3 Å². The Morgan fingerprint density at radius 3 is 2.73 bits per heavy atom. The Kier molecular flexibility index (Phi) is 8.10. The van der Waals surface area contributed by atoms with Gasteiger partial charge in [-0.1, -0.05) is 23.7 Å². The molecule has 0 bridgehead atoms. The molecule has 0 saturated heterocycles. The standard InChI is InChI=1S/C22H23ClFN3O5.K/c1-26-11-22(6-12(7-22)10-32-2)27-9-14(18(28)19(29)17(27)21(26)31)20(30)25-8-13-4-3-5-15(23)16(13)24;/h3-5,9,12,29H,6-8,10-11H2,1-2H3,(H,25,30);/q;+1/p-1/t12-,22-;. The fraction of sp³-hybridized carbons (Fsp3) is 0.409. The molecule has 4 rings (SSSR count). The summed E-state index contributed by atoms with van der Waals surface area (Å²) in [5.74, 6) is -2.82. The second-order valence-electron chi connectivity index (χ2n) is 8.43. The van der Waals surface area contributed by atoms with Crippen molar-refractivity contribution in [3.8, 4) is 5.75 Å². The summed E-state index contributed by atoms with van der Waals surface area (Å²) in [6.07, 6.45) is 2.57. The third-order valence-corrected chi connectivity index (χ3v) is 6.50. The number of methoxy groups -OCH3 is 1. The fourth-order valence-corrected chi connectivity index (χ4v) is 4.94. The predicted molar refractivity (Wildman–Crippen MR) is 112 cm³/mol. The number of hydrogen-bond acceptors (Lipinski definition) is 5. The van der Waals surface area contributed by atoms with Crippen molar-refractivity contribution in [2.45, 2.75) is 24.9 Å². The number of pyridine rings is 1. The maximum Gasteiger partial charge on any atom is 1.00 e. The van der Waals surface area contributed by atoms with Gasteiger partial charge in [-0.2, -0.15) is 0 Å². The largest absolute Gasteiger partial charge is 1.00 e. The van der Waals surface area contributed by atoms with Gasteiger partial charge in [0.05, 0.1) is 10.6 Å². The predicted octanol–water partition coefficient (Wildman–Crippen LogP) is -1.51. The topological polar surface area (TPSA) is 104 Å². The summed E-state index contributed by atoms with van der Waals surface area (Å²) in [6, 6.07) is 4.37. The minimum absolute atomic E-state index is 0. The van der Waals surface area contributed by atoms with E-state index in [0.29, 0.717) is 26.0 Å².